The van der Waals surface area contributed by atoms with Crippen LogP contribution in [0.3, 0.4) is 0 Å². The first-order valence-corrected chi connectivity index (χ1v) is 11.4. The SMILES string of the molecule is COc1ccc(-c2csc(=Nc3ccc(SC(F)(F)F)cc3)n2Cc2ccccc2)cc1. The molecule has 0 aliphatic rings. The molecule has 1 heterocycles. The second kappa shape index (κ2) is 9.67. The Labute approximate surface area is 191 Å². The van der Waals surface area contributed by atoms with Crippen LogP contribution in [0.1, 0.15) is 5.56 Å². The highest BCUT2D eigenvalue weighted by atomic mass is 32.2. The zero-order chi connectivity index (χ0) is 22.6. The van der Waals surface area contributed by atoms with Crippen LogP contribution in [0.5, 0.6) is 5.75 Å². The van der Waals surface area contributed by atoms with Gasteiger partial charge in [-0.15, -0.1) is 11.3 Å². The lowest BCUT2D eigenvalue weighted by Gasteiger charge is -2.10. The molecule has 32 heavy (non-hydrogen) atoms. The molecule has 0 fully saturated rings. The Morgan fingerprint density at radius 2 is 1.62 bits per heavy atom. The summed E-state index contributed by atoms with van der Waals surface area (Å²) in [5, 5.41) is 2.04. The highest BCUT2D eigenvalue weighted by Gasteiger charge is 2.29. The van der Waals surface area contributed by atoms with Crippen LogP contribution in [0.4, 0.5) is 18.9 Å². The molecule has 0 unspecified atom stereocenters. The van der Waals surface area contributed by atoms with Crippen molar-refractivity contribution in [1.29, 1.82) is 0 Å². The molecule has 0 aliphatic heterocycles. The van der Waals surface area contributed by atoms with Gasteiger partial charge in [0.05, 0.1) is 25.0 Å². The summed E-state index contributed by atoms with van der Waals surface area (Å²) in [4.78, 5) is 5.62. The van der Waals surface area contributed by atoms with Crippen LogP contribution >= 0.6 is 23.1 Å². The van der Waals surface area contributed by atoms with E-state index in [0.29, 0.717) is 12.2 Å². The molecule has 3 aromatic carbocycles. The molecule has 0 radical (unpaired) electrons. The zero-order valence-corrected chi connectivity index (χ0v) is 18.7. The van der Waals surface area contributed by atoms with Crippen LogP contribution in [0.25, 0.3) is 11.3 Å². The Kier molecular flexibility index (Phi) is 6.72. The van der Waals surface area contributed by atoms with Crippen molar-refractivity contribution in [3.8, 4) is 17.0 Å². The molecule has 0 spiro atoms. The third kappa shape index (κ3) is 5.63. The van der Waals surface area contributed by atoms with Crippen molar-refractivity contribution in [2.24, 2.45) is 4.99 Å². The predicted molar refractivity (Wildman–Crippen MR) is 123 cm³/mol. The minimum Gasteiger partial charge on any atom is -0.497 e. The van der Waals surface area contributed by atoms with E-state index in [-0.39, 0.29) is 16.7 Å². The first-order valence-electron chi connectivity index (χ1n) is 9.68. The van der Waals surface area contributed by atoms with Crippen LogP contribution in [-0.4, -0.2) is 17.2 Å². The zero-order valence-electron chi connectivity index (χ0n) is 17.0. The van der Waals surface area contributed by atoms with Crippen LogP contribution < -0.4 is 9.54 Å². The third-order valence-corrected chi connectivity index (χ3v) is 6.26. The summed E-state index contributed by atoms with van der Waals surface area (Å²) in [6.07, 6.45) is 0. The molecule has 164 valence electrons. The molecule has 0 aliphatic carbocycles. The second-order valence-electron chi connectivity index (χ2n) is 6.86. The number of benzene rings is 3. The van der Waals surface area contributed by atoms with E-state index in [2.05, 4.69) is 16.7 Å². The molecule has 0 amide bonds. The van der Waals surface area contributed by atoms with Gasteiger partial charge in [0.15, 0.2) is 4.80 Å². The predicted octanol–water partition coefficient (Wildman–Crippen LogP) is 7.12. The summed E-state index contributed by atoms with van der Waals surface area (Å²) in [6.45, 7) is 0.618. The van der Waals surface area contributed by atoms with Crippen molar-refractivity contribution in [3.63, 3.8) is 0 Å². The summed E-state index contributed by atoms with van der Waals surface area (Å²) >= 11 is 1.36. The largest absolute Gasteiger partial charge is 0.497 e. The fraction of sp³-hybridized carbons (Fsp3) is 0.125. The quantitative estimate of drug-likeness (QED) is 0.279. The molecule has 0 saturated carbocycles. The number of hydrogen-bond acceptors (Lipinski definition) is 4. The fourth-order valence-corrected chi connectivity index (χ4v) is 4.63. The van der Waals surface area contributed by atoms with E-state index in [1.807, 2.05) is 47.8 Å². The lowest BCUT2D eigenvalue weighted by atomic mass is 10.1. The number of alkyl halides is 3. The van der Waals surface area contributed by atoms with E-state index in [9.17, 15) is 13.2 Å². The molecular formula is C24H19F3N2OS2. The maximum atomic E-state index is 12.6. The second-order valence-corrected chi connectivity index (χ2v) is 8.83. The van der Waals surface area contributed by atoms with E-state index < -0.39 is 5.51 Å². The Hall–Kier alpha value is -2.97. The van der Waals surface area contributed by atoms with Gasteiger partial charge in [0.2, 0.25) is 0 Å². The number of rotatable bonds is 6. The molecule has 0 atom stereocenters. The van der Waals surface area contributed by atoms with Gasteiger partial charge in [-0.2, -0.15) is 13.2 Å². The number of ether oxygens (including phenoxy) is 1. The molecule has 0 N–H and O–H groups in total. The van der Waals surface area contributed by atoms with Gasteiger partial charge in [-0.05, 0) is 71.4 Å². The van der Waals surface area contributed by atoms with E-state index in [4.69, 9.17) is 9.73 Å². The molecule has 3 nitrogen and oxygen atoms in total. The van der Waals surface area contributed by atoms with E-state index in [1.165, 1.54) is 23.5 Å². The lowest BCUT2D eigenvalue weighted by molar-refractivity contribution is -0.0328. The molecule has 8 heteroatoms. The molecule has 1 aromatic heterocycles. The number of methoxy groups -OCH3 is 1. The van der Waals surface area contributed by atoms with Crippen molar-refractivity contribution in [2.45, 2.75) is 16.9 Å². The minimum atomic E-state index is -4.31. The van der Waals surface area contributed by atoms with Crippen LogP contribution in [0.2, 0.25) is 0 Å². The lowest BCUT2D eigenvalue weighted by Crippen LogP contribution is -2.16. The maximum Gasteiger partial charge on any atom is 0.446 e. The Morgan fingerprint density at radius 1 is 0.938 bits per heavy atom. The number of halogens is 3. The van der Waals surface area contributed by atoms with Crippen molar-refractivity contribution in [3.05, 3.63) is 94.6 Å². The van der Waals surface area contributed by atoms with Crippen LogP contribution in [0.15, 0.2) is 94.1 Å². The number of thioether (sulfide) groups is 1. The molecule has 0 saturated heterocycles. The number of nitrogens with zero attached hydrogens (tertiary/aromatic N) is 2. The summed E-state index contributed by atoms with van der Waals surface area (Å²) in [7, 11) is 1.63. The van der Waals surface area contributed by atoms with Gasteiger partial charge in [-0.1, -0.05) is 30.3 Å². The van der Waals surface area contributed by atoms with Gasteiger partial charge in [-0.3, -0.25) is 0 Å². The van der Waals surface area contributed by atoms with Crippen molar-refractivity contribution in [2.75, 3.05) is 7.11 Å². The smallest absolute Gasteiger partial charge is 0.446 e. The summed E-state index contributed by atoms with van der Waals surface area (Å²) < 4.78 is 45.1. The van der Waals surface area contributed by atoms with Gasteiger partial charge in [0.1, 0.15) is 5.75 Å². The van der Waals surface area contributed by atoms with Crippen LogP contribution in [0, 0.1) is 0 Å². The van der Waals surface area contributed by atoms with Crippen molar-refractivity contribution >= 4 is 28.8 Å². The first kappa shape index (κ1) is 22.2. The molecule has 0 bridgehead atoms. The highest BCUT2D eigenvalue weighted by molar-refractivity contribution is 8.00. The van der Waals surface area contributed by atoms with Crippen molar-refractivity contribution < 1.29 is 17.9 Å². The van der Waals surface area contributed by atoms with Gasteiger partial charge in [0.25, 0.3) is 0 Å². The summed E-state index contributed by atoms with van der Waals surface area (Å²) in [5.74, 6) is 0.778. The summed E-state index contributed by atoms with van der Waals surface area (Å²) in [6, 6.07) is 24.0. The van der Waals surface area contributed by atoms with E-state index in [0.717, 1.165) is 27.4 Å². The minimum absolute atomic E-state index is 0.129. The molecule has 4 rings (SSSR count). The summed E-state index contributed by atoms with van der Waals surface area (Å²) in [5.41, 5.74) is -0.556. The van der Waals surface area contributed by atoms with Gasteiger partial charge in [0, 0.05) is 10.3 Å². The van der Waals surface area contributed by atoms with Crippen molar-refractivity contribution in [1.82, 2.24) is 4.57 Å². The first-order chi connectivity index (χ1) is 15.4. The third-order valence-electron chi connectivity index (χ3n) is 4.66. The fourth-order valence-electron chi connectivity index (χ4n) is 3.16. The number of aromatic nitrogens is 1. The van der Waals surface area contributed by atoms with E-state index >= 15 is 0 Å². The van der Waals surface area contributed by atoms with Gasteiger partial charge < -0.3 is 9.30 Å². The van der Waals surface area contributed by atoms with Gasteiger partial charge >= 0.3 is 5.51 Å². The standard InChI is InChI=1S/C24H19F3N2OS2/c1-30-20-11-7-18(8-12-20)22-16-31-23(29(22)15-17-5-3-2-4-6-17)28-19-9-13-21(14-10-19)32-24(25,26)27/h2-14,16H,15H2,1H3. The normalized spacial score (nSPS) is 12.2. The topological polar surface area (TPSA) is 26.5 Å². The molecule has 4 aromatic rings. The molecular weight excluding hydrogens is 453 g/mol. The van der Waals surface area contributed by atoms with Crippen LogP contribution in [-0.2, 0) is 6.54 Å². The van der Waals surface area contributed by atoms with E-state index in [1.54, 1.807) is 19.2 Å². The monoisotopic (exact) mass is 472 g/mol. The highest BCUT2D eigenvalue weighted by Crippen LogP contribution is 2.37. The Morgan fingerprint density at radius 3 is 2.25 bits per heavy atom. The maximum absolute atomic E-state index is 12.6. The number of hydrogen-bond donors (Lipinski definition) is 0. The average Bonchev–Trinajstić information content (AvgIpc) is 3.17. The average molecular weight is 473 g/mol. The Balaban J connectivity index is 1.73. The Bertz CT molecular complexity index is 1230. The van der Waals surface area contributed by atoms with Gasteiger partial charge in [-0.25, -0.2) is 4.99 Å². The number of thiazole rings is 1.